The summed E-state index contributed by atoms with van der Waals surface area (Å²) < 4.78 is 0. The highest BCUT2D eigenvalue weighted by atomic mass is 16.1. The molecule has 0 fully saturated rings. The maximum atomic E-state index is 10.3. The van der Waals surface area contributed by atoms with Gasteiger partial charge in [-0.25, -0.2) is 0 Å². The van der Waals surface area contributed by atoms with Crippen LogP contribution in [0, 0.1) is 5.92 Å². The van der Waals surface area contributed by atoms with Gasteiger partial charge in [-0.2, -0.15) is 0 Å². The predicted molar refractivity (Wildman–Crippen MR) is 47.6 cm³/mol. The fourth-order valence-electron chi connectivity index (χ4n) is 1.06. The third-order valence-electron chi connectivity index (χ3n) is 1.64. The molecule has 11 heavy (non-hydrogen) atoms. The van der Waals surface area contributed by atoms with E-state index in [0.717, 1.165) is 12.8 Å². The molecule has 0 saturated heterocycles. The SMILES string of the molecule is CC(C)CN(CC=O)C(C)C. The minimum Gasteiger partial charge on any atom is -0.302 e. The van der Waals surface area contributed by atoms with E-state index in [1.54, 1.807) is 0 Å². The largest absolute Gasteiger partial charge is 0.302 e. The van der Waals surface area contributed by atoms with Crippen molar-refractivity contribution < 1.29 is 4.79 Å². The van der Waals surface area contributed by atoms with Crippen molar-refractivity contribution in [2.45, 2.75) is 33.7 Å². The predicted octanol–water partition coefficient (Wildman–Crippen LogP) is 1.55. The van der Waals surface area contributed by atoms with Crippen molar-refractivity contribution in [3.8, 4) is 0 Å². The molecule has 0 atom stereocenters. The second-order valence-electron chi connectivity index (χ2n) is 3.61. The summed E-state index contributed by atoms with van der Waals surface area (Å²) in [4.78, 5) is 12.4. The Hall–Kier alpha value is -0.370. The zero-order valence-electron chi connectivity index (χ0n) is 8.00. The summed E-state index contributed by atoms with van der Waals surface area (Å²) in [5, 5.41) is 0. The average molecular weight is 157 g/mol. The standard InChI is InChI=1S/C9H19NO/c1-8(2)7-10(5-6-11)9(3)4/h6,8-9H,5,7H2,1-4H3. The van der Waals surface area contributed by atoms with Gasteiger partial charge >= 0.3 is 0 Å². The molecule has 2 nitrogen and oxygen atoms in total. The molecule has 0 heterocycles. The van der Waals surface area contributed by atoms with Gasteiger partial charge in [-0.15, -0.1) is 0 Å². The number of hydrogen-bond acceptors (Lipinski definition) is 2. The monoisotopic (exact) mass is 157 g/mol. The Morgan fingerprint density at radius 2 is 1.82 bits per heavy atom. The Morgan fingerprint density at radius 1 is 1.27 bits per heavy atom. The van der Waals surface area contributed by atoms with Crippen LogP contribution in [0.25, 0.3) is 0 Å². The van der Waals surface area contributed by atoms with Gasteiger partial charge < -0.3 is 4.79 Å². The van der Waals surface area contributed by atoms with Gasteiger partial charge in [0, 0.05) is 12.6 Å². The molecule has 0 aromatic carbocycles. The Bertz CT molecular complexity index is 110. The van der Waals surface area contributed by atoms with Gasteiger partial charge in [0.2, 0.25) is 0 Å². The summed E-state index contributed by atoms with van der Waals surface area (Å²) in [5.74, 6) is 0.636. The first-order chi connectivity index (χ1) is 5.07. The summed E-state index contributed by atoms with van der Waals surface area (Å²) in [6, 6.07) is 0.475. The lowest BCUT2D eigenvalue weighted by atomic mass is 10.2. The summed E-state index contributed by atoms with van der Waals surface area (Å²) >= 11 is 0. The first-order valence-corrected chi connectivity index (χ1v) is 4.25. The van der Waals surface area contributed by atoms with Crippen molar-refractivity contribution in [1.82, 2.24) is 4.90 Å². The van der Waals surface area contributed by atoms with Crippen molar-refractivity contribution in [2.75, 3.05) is 13.1 Å². The van der Waals surface area contributed by atoms with Crippen molar-refractivity contribution in [1.29, 1.82) is 0 Å². The Morgan fingerprint density at radius 3 is 2.09 bits per heavy atom. The van der Waals surface area contributed by atoms with E-state index in [4.69, 9.17) is 0 Å². The molecule has 0 aliphatic rings. The third-order valence-corrected chi connectivity index (χ3v) is 1.64. The summed E-state index contributed by atoms with van der Waals surface area (Å²) in [6.45, 7) is 10.1. The molecule has 0 amide bonds. The summed E-state index contributed by atoms with van der Waals surface area (Å²) in [5.41, 5.74) is 0. The average Bonchev–Trinajstić information content (AvgIpc) is 1.86. The highest BCUT2D eigenvalue weighted by molar-refractivity contribution is 5.52. The Kier molecular flexibility index (Phi) is 5.12. The van der Waals surface area contributed by atoms with E-state index >= 15 is 0 Å². The van der Waals surface area contributed by atoms with Crippen LogP contribution in [0.5, 0.6) is 0 Å². The van der Waals surface area contributed by atoms with Crippen molar-refractivity contribution >= 4 is 6.29 Å². The number of hydrogen-bond donors (Lipinski definition) is 0. The Labute approximate surface area is 69.6 Å². The van der Waals surface area contributed by atoms with Crippen LogP contribution in [0.3, 0.4) is 0 Å². The van der Waals surface area contributed by atoms with Crippen LogP contribution in [-0.2, 0) is 4.79 Å². The van der Waals surface area contributed by atoms with E-state index in [9.17, 15) is 4.79 Å². The minimum absolute atomic E-state index is 0.475. The van der Waals surface area contributed by atoms with Crippen LogP contribution in [0.15, 0.2) is 0 Å². The van der Waals surface area contributed by atoms with Gasteiger partial charge in [0.15, 0.2) is 0 Å². The molecule has 2 heteroatoms. The van der Waals surface area contributed by atoms with Crippen LogP contribution in [0.4, 0.5) is 0 Å². The van der Waals surface area contributed by atoms with Crippen molar-refractivity contribution in [2.24, 2.45) is 5.92 Å². The van der Waals surface area contributed by atoms with Gasteiger partial charge in [0.25, 0.3) is 0 Å². The van der Waals surface area contributed by atoms with E-state index in [2.05, 4.69) is 32.6 Å². The molecule has 0 aliphatic heterocycles. The lowest BCUT2D eigenvalue weighted by Gasteiger charge is -2.25. The number of rotatable bonds is 5. The quantitative estimate of drug-likeness (QED) is 0.564. The van der Waals surface area contributed by atoms with Gasteiger partial charge in [0.1, 0.15) is 6.29 Å². The number of aldehydes is 1. The molecule has 0 spiro atoms. The first kappa shape index (κ1) is 10.6. The van der Waals surface area contributed by atoms with E-state index in [0.29, 0.717) is 18.5 Å². The molecular weight excluding hydrogens is 138 g/mol. The lowest BCUT2D eigenvalue weighted by Crippen LogP contribution is -2.35. The zero-order chi connectivity index (χ0) is 8.85. The van der Waals surface area contributed by atoms with Crippen LogP contribution in [0.2, 0.25) is 0 Å². The van der Waals surface area contributed by atoms with Crippen molar-refractivity contribution in [3.63, 3.8) is 0 Å². The third kappa shape index (κ3) is 4.96. The Balaban J connectivity index is 3.78. The molecule has 0 aliphatic carbocycles. The smallest absolute Gasteiger partial charge is 0.133 e. The first-order valence-electron chi connectivity index (χ1n) is 4.25. The van der Waals surface area contributed by atoms with Crippen LogP contribution in [-0.4, -0.2) is 30.3 Å². The second-order valence-corrected chi connectivity index (χ2v) is 3.61. The maximum absolute atomic E-state index is 10.3. The van der Waals surface area contributed by atoms with Gasteiger partial charge in [-0.05, 0) is 19.8 Å². The molecule has 66 valence electrons. The fraction of sp³-hybridized carbons (Fsp3) is 0.889. The maximum Gasteiger partial charge on any atom is 0.133 e. The van der Waals surface area contributed by atoms with E-state index < -0.39 is 0 Å². The molecule has 0 aromatic rings. The van der Waals surface area contributed by atoms with E-state index in [1.807, 2.05) is 0 Å². The zero-order valence-corrected chi connectivity index (χ0v) is 8.00. The molecule has 0 bridgehead atoms. The normalized spacial score (nSPS) is 11.5. The van der Waals surface area contributed by atoms with E-state index in [-0.39, 0.29) is 0 Å². The molecule has 0 rings (SSSR count). The number of carbonyl (C=O) groups excluding carboxylic acids is 1. The number of carbonyl (C=O) groups is 1. The highest BCUT2D eigenvalue weighted by Gasteiger charge is 2.09. The topological polar surface area (TPSA) is 20.3 Å². The van der Waals surface area contributed by atoms with Gasteiger partial charge in [0.05, 0.1) is 6.54 Å². The molecule has 0 N–H and O–H groups in total. The number of nitrogens with zero attached hydrogens (tertiary/aromatic N) is 1. The minimum atomic E-state index is 0.475. The van der Waals surface area contributed by atoms with Crippen LogP contribution < -0.4 is 0 Å². The van der Waals surface area contributed by atoms with Gasteiger partial charge in [-0.1, -0.05) is 13.8 Å². The second kappa shape index (κ2) is 5.30. The van der Waals surface area contributed by atoms with Crippen LogP contribution >= 0.6 is 0 Å². The highest BCUT2D eigenvalue weighted by Crippen LogP contribution is 2.02. The fourth-order valence-corrected chi connectivity index (χ4v) is 1.06. The lowest BCUT2D eigenvalue weighted by molar-refractivity contribution is -0.109. The molecular formula is C9H19NO. The molecule has 0 saturated carbocycles. The van der Waals surface area contributed by atoms with E-state index in [1.165, 1.54) is 0 Å². The molecule has 0 unspecified atom stereocenters. The molecule has 0 aromatic heterocycles. The summed E-state index contributed by atoms with van der Waals surface area (Å²) in [6.07, 6.45) is 0.975. The summed E-state index contributed by atoms with van der Waals surface area (Å²) in [7, 11) is 0. The molecule has 0 radical (unpaired) electrons. The van der Waals surface area contributed by atoms with Crippen LogP contribution in [0.1, 0.15) is 27.7 Å². The van der Waals surface area contributed by atoms with Gasteiger partial charge in [-0.3, -0.25) is 4.90 Å². The van der Waals surface area contributed by atoms with Crippen molar-refractivity contribution in [3.05, 3.63) is 0 Å².